The molecule has 8 heteroatoms. The Morgan fingerprint density at radius 2 is 2.04 bits per heavy atom. The minimum atomic E-state index is -0.572. The summed E-state index contributed by atoms with van der Waals surface area (Å²) >= 11 is 6.76. The molecular formula is C15H16ClN3O3S. The first-order valence-electron chi connectivity index (χ1n) is 6.87. The fraction of sp³-hybridized carbons (Fsp3) is 0.267. The molecule has 2 aromatic rings. The lowest BCUT2D eigenvalue weighted by Crippen LogP contribution is -2.18. The Morgan fingerprint density at radius 3 is 2.70 bits per heavy atom. The maximum Gasteiger partial charge on any atom is 0.413 e. The zero-order chi connectivity index (χ0) is 16.7. The molecule has 23 heavy (non-hydrogen) atoms. The lowest BCUT2D eigenvalue weighted by Gasteiger charge is -2.03. The molecule has 0 radical (unpaired) electrons. The smallest absolute Gasteiger partial charge is 0.413 e. The molecule has 2 amide bonds. The van der Waals surface area contributed by atoms with E-state index in [0.29, 0.717) is 11.7 Å². The van der Waals surface area contributed by atoms with Crippen LogP contribution < -0.4 is 10.6 Å². The molecule has 0 unspecified atom stereocenters. The number of anilines is 1. The summed E-state index contributed by atoms with van der Waals surface area (Å²) in [6.07, 6.45) is -0.572. The highest BCUT2D eigenvalue weighted by molar-refractivity contribution is 7.14. The fourth-order valence-corrected chi connectivity index (χ4v) is 2.52. The van der Waals surface area contributed by atoms with E-state index in [4.69, 9.17) is 16.3 Å². The summed E-state index contributed by atoms with van der Waals surface area (Å²) in [5.41, 5.74) is 2.69. The van der Waals surface area contributed by atoms with Gasteiger partial charge in [-0.05, 0) is 5.56 Å². The van der Waals surface area contributed by atoms with Crippen LogP contribution in [0.25, 0.3) is 11.3 Å². The van der Waals surface area contributed by atoms with Gasteiger partial charge in [0.1, 0.15) is 6.61 Å². The minimum absolute atomic E-state index is 0.0645. The number of amides is 2. The average molecular weight is 354 g/mol. The maximum absolute atomic E-state index is 11.4. The van der Waals surface area contributed by atoms with Crippen molar-refractivity contribution in [3.63, 3.8) is 0 Å². The molecule has 0 bridgehead atoms. The summed E-state index contributed by atoms with van der Waals surface area (Å²) in [4.78, 5) is 26.7. The molecule has 0 saturated heterocycles. The van der Waals surface area contributed by atoms with E-state index in [-0.39, 0.29) is 18.4 Å². The highest BCUT2D eigenvalue weighted by Crippen LogP contribution is 2.25. The number of carbonyl (C=O) groups excluding carboxylic acids is 2. The number of benzene rings is 1. The Bertz CT molecular complexity index is 673. The molecule has 0 spiro atoms. The molecule has 1 aromatic carbocycles. The second kappa shape index (κ2) is 8.50. The Morgan fingerprint density at radius 1 is 1.30 bits per heavy atom. The van der Waals surface area contributed by atoms with Crippen molar-refractivity contribution in [3.05, 3.63) is 35.2 Å². The molecular weight excluding hydrogens is 338 g/mol. The SMILES string of the molecule is CC(=O)NCc1ccc(-c2csc(NC(=O)OCCCl)n2)cc1. The molecule has 1 heterocycles. The second-order valence-corrected chi connectivity index (χ2v) is 5.83. The van der Waals surface area contributed by atoms with Crippen LogP contribution in [0.5, 0.6) is 0 Å². The number of nitrogens with one attached hydrogen (secondary N) is 2. The minimum Gasteiger partial charge on any atom is -0.448 e. The third kappa shape index (κ3) is 5.54. The number of halogens is 1. The second-order valence-electron chi connectivity index (χ2n) is 4.59. The number of ether oxygens (including phenoxy) is 1. The van der Waals surface area contributed by atoms with Crippen molar-refractivity contribution >= 4 is 40.1 Å². The first-order valence-corrected chi connectivity index (χ1v) is 8.29. The van der Waals surface area contributed by atoms with Gasteiger partial charge in [-0.3, -0.25) is 10.1 Å². The zero-order valence-electron chi connectivity index (χ0n) is 12.5. The summed E-state index contributed by atoms with van der Waals surface area (Å²) in [7, 11) is 0. The molecule has 2 rings (SSSR count). The van der Waals surface area contributed by atoms with Crippen molar-refractivity contribution in [2.24, 2.45) is 0 Å². The van der Waals surface area contributed by atoms with Crippen molar-refractivity contribution in [1.29, 1.82) is 0 Å². The van der Waals surface area contributed by atoms with E-state index in [2.05, 4.69) is 15.6 Å². The van der Waals surface area contributed by atoms with Gasteiger partial charge in [0, 0.05) is 24.4 Å². The Kier molecular flexibility index (Phi) is 6.37. The predicted octanol–water partition coefficient (Wildman–Crippen LogP) is 3.23. The van der Waals surface area contributed by atoms with E-state index in [1.807, 2.05) is 29.6 Å². The predicted molar refractivity (Wildman–Crippen MR) is 90.8 cm³/mol. The zero-order valence-corrected chi connectivity index (χ0v) is 14.0. The Balaban J connectivity index is 1.97. The van der Waals surface area contributed by atoms with Gasteiger partial charge in [-0.25, -0.2) is 9.78 Å². The Labute approximate surface area is 142 Å². The standard InChI is InChI=1S/C15H16ClN3O3S/c1-10(20)17-8-11-2-4-12(5-3-11)13-9-23-14(18-13)19-15(21)22-7-6-16/h2-5,9H,6-8H2,1H3,(H,17,20)(H,18,19,21). The van der Waals surface area contributed by atoms with E-state index in [1.165, 1.54) is 18.3 Å². The van der Waals surface area contributed by atoms with Gasteiger partial charge >= 0.3 is 6.09 Å². The quantitative estimate of drug-likeness (QED) is 0.781. The van der Waals surface area contributed by atoms with Crippen LogP contribution in [0.4, 0.5) is 9.93 Å². The number of alkyl halides is 1. The van der Waals surface area contributed by atoms with Crippen molar-refractivity contribution in [2.75, 3.05) is 17.8 Å². The number of nitrogens with zero attached hydrogens (tertiary/aromatic N) is 1. The maximum atomic E-state index is 11.4. The normalized spacial score (nSPS) is 10.2. The highest BCUT2D eigenvalue weighted by atomic mass is 35.5. The molecule has 0 aliphatic heterocycles. The van der Waals surface area contributed by atoms with Crippen LogP contribution in [0.1, 0.15) is 12.5 Å². The topological polar surface area (TPSA) is 80.3 Å². The molecule has 0 fully saturated rings. The van der Waals surface area contributed by atoms with Crippen LogP contribution in [0, 0.1) is 0 Å². The monoisotopic (exact) mass is 353 g/mol. The van der Waals surface area contributed by atoms with Gasteiger partial charge < -0.3 is 10.1 Å². The molecule has 0 aliphatic rings. The van der Waals surface area contributed by atoms with Crippen LogP contribution in [-0.2, 0) is 16.1 Å². The fourth-order valence-electron chi connectivity index (χ4n) is 1.74. The van der Waals surface area contributed by atoms with Crippen molar-refractivity contribution in [1.82, 2.24) is 10.3 Å². The largest absolute Gasteiger partial charge is 0.448 e. The van der Waals surface area contributed by atoms with E-state index < -0.39 is 6.09 Å². The molecule has 0 atom stereocenters. The van der Waals surface area contributed by atoms with E-state index in [9.17, 15) is 9.59 Å². The number of hydrogen-bond acceptors (Lipinski definition) is 5. The Hall–Kier alpha value is -2.12. The van der Waals surface area contributed by atoms with Gasteiger partial charge in [0.15, 0.2) is 5.13 Å². The van der Waals surface area contributed by atoms with Gasteiger partial charge in [-0.1, -0.05) is 24.3 Å². The van der Waals surface area contributed by atoms with Crippen molar-refractivity contribution in [2.45, 2.75) is 13.5 Å². The lowest BCUT2D eigenvalue weighted by molar-refractivity contribution is -0.119. The van der Waals surface area contributed by atoms with Gasteiger partial charge in [-0.15, -0.1) is 22.9 Å². The van der Waals surface area contributed by atoms with Crippen molar-refractivity contribution in [3.8, 4) is 11.3 Å². The molecule has 122 valence electrons. The lowest BCUT2D eigenvalue weighted by atomic mass is 10.1. The highest BCUT2D eigenvalue weighted by Gasteiger charge is 2.08. The first-order chi connectivity index (χ1) is 11.1. The van der Waals surface area contributed by atoms with Gasteiger partial charge in [0.25, 0.3) is 0 Å². The van der Waals surface area contributed by atoms with E-state index >= 15 is 0 Å². The average Bonchev–Trinajstić information content (AvgIpc) is 3.00. The summed E-state index contributed by atoms with van der Waals surface area (Å²) in [6.45, 7) is 2.13. The van der Waals surface area contributed by atoms with Crippen LogP contribution in [-0.4, -0.2) is 29.5 Å². The molecule has 6 nitrogen and oxygen atoms in total. The number of aromatic nitrogens is 1. The first kappa shape index (κ1) is 17.2. The van der Waals surface area contributed by atoms with Gasteiger partial charge in [0.05, 0.1) is 11.6 Å². The molecule has 0 aliphatic carbocycles. The molecule has 0 saturated carbocycles. The van der Waals surface area contributed by atoms with Crippen molar-refractivity contribution < 1.29 is 14.3 Å². The van der Waals surface area contributed by atoms with E-state index in [0.717, 1.165) is 16.8 Å². The summed E-state index contributed by atoms with van der Waals surface area (Å²) in [5, 5.41) is 7.60. The number of rotatable bonds is 6. The van der Waals surface area contributed by atoms with Crippen LogP contribution >= 0.6 is 22.9 Å². The van der Waals surface area contributed by atoms with Crippen LogP contribution in [0.3, 0.4) is 0 Å². The summed E-state index contributed by atoms with van der Waals surface area (Å²) in [6, 6.07) is 7.68. The third-order valence-corrected chi connectivity index (χ3v) is 3.73. The van der Waals surface area contributed by atoms with Crippen LogP contribution in [0.2, 0.25) is 0 Å². The van der Waals surface area contributed by atoms with Crippen LogP contribution in [0.15, 0.2) is 29.6 Å². The van der Waals surface area contributed by atoms with Gasteiger partial charge in [-0.2, -0.15) is 0 Å². The number of hydrogen-bond donors (Lipinski definition) is 2. The van der Waals surface area contributed by atoms with Gasteiger partial charge in [0.2, 0.25) is 5.91 Å². The molecule has 1 aromatic heterocycles. The third-order valence-electron chi connectivity index (χ3n) is 2.81. The number of carbonyl (C=O) groups is 2. The number of thiazole rings is 1. The van der Waals surface area contributed by atoms with E-state index in [1.54, 1.807) is 0 Å². The summed E-state index contributed by atoms with van der Waals surface area (Å²) in [5.74, 6) is 0.187. The summed E-state index contributed by atoms with van der Waals surface area (Å²) < 4.78 is 4.82. The molecule has 2 N–H and O–H groups in total.